The molecule has 4 nitrogen and oxygen atoms in total. The first-order chi connectivity index (χ1) is 13.7. The van der Waals surface area contributed by atoms with Gasteiger partial charge in [-0.15, -0.1) is 0 Å². The molecule has 2 aromatic carbocycles. The molecule has 1 saturated heterocycles. The maximum absolute atomic E-state index is 12.7. The summed E-state index contributed by atoms with van der Waals surface area (Å²) in [7, 11) is 0. The molecule has 0 aromatic heterocycles. The number of carbonyl (C=O) groups is 2. The number of hydrogen-bond donors (Lipinski definition) is 2. The summed E-state index contributed by atoms with van der Waals surface area (Å²) in [5, 5.41) is 7.04. The van der Waals surface area contributed by atoms with Crippen LogP contribution in [-0.2, 0) is 0 Å². The lowest BCUT2D eigenvalue weighted by molar-refractivity contribution is 0.103. The van der Waals surface area contributed by atoms with E-state index in [9.17, 15) is 9.59 Å². The summed E-state index contributed by atoms with van der Waals surface area (Å²) in [4.78, 5) is 25.4. The second-order valence-electron chi connectivity index (χ2n) is 7.36. The minimum Gasteiger partial charge on any atom is -0.378 e. The highest BCUT2D eigenvalue weighted by molar-refractivity contribution is 6.07. The molecule has 4 rings (SSSR count). The number of ketones is 2. The second-order valence-corrected chi connectivity index (χ2v) is 7.36. The van der Waals surface area contributed by atoms with E-state index in [1.165, 1.54) is 12.8 Å². The monoisotopic (exact) mass is 372 g/mol. The van der Waals surface area contributed by atoms with Gasteiger partial charge < -0.3 is 10.6 Å². The zero-order valence-electron chi connectivity index (χ0n) is 15.7. The smallest absolute Gasteiger partial charge is 0.187 e. The Bertz CT molecular complexity index is 839. The molecule has 0 bridgehead atoms. The first-order valence-electron chi connectivity index (χ1n) is 9.86. The zero-order valence-corrected chi connectivity index (χ0v) is 15.7. The van der Waals surface area contributed by atoms with Gasteiger partial charge in [0.2, 0.25) is 0 Å². The van der Waals surface area contributed by atoms with Crippen LogP contribution < -0.4 is 10.6 Å². The van der Waals surface area contributed by atoms with Gasteiger partial charge in [0.1, 0.15) is 0 Å². The van der Waals surface area contributed by atoms with Crippen LogP contribution in [0.4, 0.5) is 0 Å². The van der Waals surface area contributed by atoms with Crippen LogP contribution in [0.15, 0.2) is 84.2 Å². The normalized spacial score (nSPS) is 24.1. The third-order valence-electron chi connectivity index (χ3n) is 5.41. The molecule has 2 aliphatic rings. The predicted octanol–water partition coefficient (Wildman–Crippen LogP) is 4.02. The van der Waals surface area contributed by atoms with Crippen molar-refractivity contribution in [3.63, 3.8) is 0 Å². The molecule has 0 unspecified atom stereocenters. The SMILES string of the molecule is O=C(/C=C1\N[C@@H]2CCCC[C@@H]2N\C1=C\C(=O)c1ccccc1)c1ccccc1. The maximum Gasteiger partial charge on any atom is 0.187 e. The Balaban J connectivity index is 1.65. The quantitative estimate of drug-likeness (QED) is 0.629. The number of nitrogens with one attached hydrogen (secondary N) is 2. The Hall–Kier alpha value is -3.14. The van der Waals surface area contributed by atoms with E-state index in [4.69, 9.17) is 0 Å². The average Bonchev–Trinajstić information content (AvgIpc) is 2.75. The van der Waals surface area contributed by atoms with Gasteiger partial charge in [-0.25, -0.2) is 0 Å². The standard InChI is InChI=1S/C24H24N2O2/c27-23(17-9-3-1-4-10-17)15-21-22(16-24(28)18-11-5-2-6-12-18)26-20-14-8-7-13-19(20)25-21/h1-6,9-12,15-16,19-20,25-26H,7-8,13-14H2/b21-15-,22-16+/t19-,20+/m1/s1. The lowest BCUT2D eigenvalue weighted by Crippen LogP contribution is -2.55. The van der Waals surface area contributed by atoms with Crippen molar-refractivity contribution >= 4 is 11.6 Å². The number of benzene rings is 2. The van der Waals surface area contributed by atoms with E-state index >= 15 is 0 Å². The van der Waals surface area contributed by atoms with Crippen molar-refractivity contribution in [1.82, 2.24) is 10.6 Å². The van der Waals surface area contributed by atoms with Crippen LogP contribution >= 0.6 is 0 Å². The molecule has 0 spiro atoms. The van der Waals surface area contributed by atoms with Crippen LogP contribution in [0.25, 0.3) is 0 Å². The van der Waals surface area contributed by atoms with Crippen LogP contribution in [0, 0.1) is 0 Å². The third-order valence-corrected chi connectivity index (χ3v) is 5.41. The maximum atomic E-state index is 12.7. The van der Waals surface area contributed by atoms with Gasteiger partial charge in [0.25, 0.3) is 0 Å². The summed E-state index contributed by atoms with van der Waals surface area (Å²) in [6.07, 6.45) is 7.70. The minimum atomic E-state index is -0.0720. The molecular weight excluding hydrogens is 348 g/mol. The lowest BCUT2D eigenvalue weighted by atomic mass is 9.87. The summed E-state index contributed by atoms with van der Waals surface area (Å²) >= 11 is 0. The van der Waals surface area contributed by atoms with Crippen molar-refractivity contribution in [2.45, 2.75) is 37.8 Å². The van der Waals surface area contributed by atoms with Crippen LogP contribution in [0.3, 0.4) is 0 Å². The van der Waals surface area contributed by atoms with Crippen molar-refractivity contribution in [2.24, 2.45) is 0 Å². The molecule has 28 heavy (non-hydrogen) atoms. The van der Waals surface area contributed by atoms with Gasteiger partial charge in [0.05, 0.1) is 11.4 Å². The number of carbonyl (C=O) groups excluding carboxylic acids is 2. The number of hydrogen-bond acceptors (Lipinski definition) is 4. The largest absolute Gasteiger partial charge is 0.378 e. The second kappa shape index (κ2) is 8.26. The number of rotatable bonds is 4. The molecular formula is C24H24N2O2. The molecule has 1 heterocycles. The molecule has 142 valence electrons. The Morgan fingerprint density at radius 3 is 1.46 bits per heavy atom. The van der Waals surface area contributed by atoms with Crippen molar-refractivity contribution in [2.75, 3.05) is 0 Å². The van der Waals surface area contributed by atoms with Crippen molar-refractivity contribution in [3.8, 4) is 0 Å². The van der Waals surface area contributed by atoms with Gasteiger partial charge in [-0.2, -0.15) is 0 Å². The predicted molar refractivity (Wildman–Crippen MR) is 110 cm³/mol. The number of allylic oxidation sites excluding steroid dienone is 2. The highest BCUT2D eigenvalue weighted by Crippen LogP contribution is 2.26. The summed E-state index contributed by atoms with van der Waals surface area (Å²) in [5.74, 6) is -0.144. The van der Waals surface area contributed by atoms with Crippen LogP contribution in [0.2, 0.25) is 0 Å². The van der Waals surface area contributed by atoms with E-state index in [-0.39, 0.29) is 23.7 Å². The van der Waals surface area contributed by atoms with Gasteiger partial charge >= 0.3 is 0 Å². The molecule has 1 aliphatic heterocycles. The topological polar surface area (TPSA) is 58.2 Å². The molecule has 2 atom stereocenters. The molecule has 1 saturated carbocycles. The summed E-state index contributed by atoms with van der Waals surface area (Å²) in [6, 6.07) is 19.0. The van der Waals surface area contributed by atoms with E-state index in [0.29, 0.717) is 22.5 Å². The van der Waals surface area contributed by atoms with Gasteiger partial charge in [-0.3, -0.25) is 9.59 Å². The molecule has 4 heteroatoms. The van der Waals surface area contributed by atoms with E-state index in [2.05, 4.69) is 10.6 Å². The first kappa shape index (κ1) is 18.2. The Morgan fingerprint density at radius 2 is 1.07 bits per heavy atom. The summed E-state index contributed by atoms with van der Waals surface area (Å²) in [6.45, 7) is 0. The van der Waals surface area contributed by atoms with Gasteiger partial charge in [0, 0.05) is 35.4 Å². The van der Waals surface area contributed by atoms with Gasteiger partial charge in [0.15, 0.2) is 11.6 Å². The third kappa shape index (κ3) is 4.06. The van der Waals surface area contributed by atoms with E-state index in [0.717, 1.165) is 12.8 Å². The van der Waals surface area contributed by atoms with Crippen molar-refractivity contribution in [1.29, 1.82) is 0 Å². The van der Waals surface area contributed by atoms with Gasteiger partial charge in [-0.05, 0) is 12.8 Å². The Labute approximate surface area is 165 Å². The van der Waals surface area contributed by atoms with Crippen LogP contribution in [0.1, 0.15) is 46.4 Å². The minimum absolute atomic E-state index is 0.0720. The number of fused-ring (bicyclic) bond motifs is 1. The fourth-order valence-electron chi connectivity index (χ4n) is 3.90. The van der Waals surface area contributed by atoms with Crippen molar-refractivity contribution in [3.05, 3.63) is 95.3 Å². The van der Waals surface area contributed by atoms with Crippen LogP contribution in [0.5, 0.6) is 0 Å². The summed E-state index contributed by atoms with van der Waals surface area (Å²) in [5.41, 5.74) is 2.66. The van der Waals surface area contributed by atoms with E-state index in [1.54, 1.807) is 36.4 Å². The molecule has 2 aromatic rings. The number of piperazine rings is 1. The van der Waals surface area contributed by atoms with Crippen LogP contribution in [-0.4, -0.2) is 23.7 Å². The van der Waals surface area contributed by atoms with Gasteiger partial charge in [-0.1, -0.05) is 73.5 Å². The molecule has 1 aliphatic carbocycles. The zero-order chi connectivity index (χ0) is 19.3. The Kier molecular flexibility index (Phi) is 5.38. The molecule has 2 N–H and O–H groups in total. The fraction of sp³-hybridized carbons (Fsp3) is 0.250. The van der Waals surface area contributed by atoms with E-state index < -0.39 is 0 Å². The fourth-order valence-corrected chi connectivity index (χ4v) is 3.90. The summed E-state index contributed by atoms with van der Waals surface area (Å²) < 4.78 is 0. The van der Waals surface area contributed by atoms with E-state index in [1.807, 2.05) is 36.4 Å². The molecule has 2 fully saturated rings. The molecule has 0 radical (unpaired) electrons. The highest BCUT2D eigenvalue weighted by Gasteiger charge is 2.31. The average molecular weight is 372 g/mol. The highest BCUT2D eigenvalue weighted by atomic mass is 16.1. The lowest BCUT2D eigenvalue weighted by Gasteiger charge is -2.40. The first-order valence-corrected chi connectivity index (χ1v) is 9.86. The van der Waals surface area contributed by atoms with Crippen molar-refractivity contribution < 1.29 is 9.59 Å². The Morgan fingerprint density at radius 1 is 0.679 bits per heavy atom. The molecule has 0 amide bonds.